The highest BCUT2D eigenvalue weighted by Crippen LogP contribution is 2.42. The Labute approximate surface area is 151 Å². The van der Waals surface area contributed by atoms with Gasteiger partial charge in [0.2, 0.25) is 0 Å². The van der Waals surface area contributed by atoms with Crippen LogP contribution < -0.4 is 0 Å². The van der Waals surface area contributed by atoms with E-state index >= 15 is 0 Å². The van der Waals surface area contributed by atoms with Gasteiger partial charge in [0, 0.05) is 35.3 Å². The molecule has 0 saturated heterocycles. The lowest BCUT2D eigenvalue weighted by Crippen LogP contribution is -2.28. The number of rotatable bonds is 3. The highest BCUT2D eigenvalue weighted by Gasteiger charge is 2.39. The summed E-state index contributed by atoms with van der Waals surface area (Å²) >= 11 is 0. The van der Waals surface area contributed by atoms with Gasteiger partial charge in [-0.1, -0.05) is 36.4 Å². The lowest BCUT2D eigenvalue weighted by Gasteiger charge is -2.24. The van der Waals surface area contributed by atoms with Crippen molar-refractivity contribution in [3.63, 3.8) is 0 Å². The van der Waals surface area contributed by atoms with Crippen LogP contribution in [0, 0.1) is 0 Å². The van der Waals surface area contributed by atoms with E-state index in [4.69, 9.17) is 4.42 Å². The summed E-state index contributed by atoms with van der Waals surface area (Å²) < 4.78 is 7.65. The molecule has 128 valence electrons. The maximum atomic E-state index is 13.1. The largest absolute Gasteiger partial charge is 0.467 e. The fraction of sp³-hybridized carbons (Fsp3) is 0.136. The third-order valence-corrected chi connectivity index (χ3v) is 5.19. The smallest absolute Gasteiger partial charge is 0.255 e. The number of para-hydroxylation sites is 1. The van der Waals surface area contributed by atoms with Crippen molar-refractivity contribution in [3.05, 3.63) is 95.6 Å². The van der Waals surface area contributed by atoms with Crippen LogP contribution >= 0.6 is 0 Å². The molecule has 2 aromatic heterocycles. The minimum Gasteiger partial charge on any atom is -0.467 e. The second-order valence-corrected chi connectivity index (χ2v) is 6.71. The molecule has 0 saturated carbocycles. The molecule has 26 heavy (non-hydrogen) atoms. The standard InChI is InChI=1S/C22H18N2O2/c1-23-14-19(16-8-4-5-11-20(16)23)21-17-9-2-3-10-18(17)22(25)24(21)13-15-7-6-12-26-15/h2-12,14,21H,13H2,1H3/t21-/m0/s1. The van der Waals surface area contributed by atoms with Crippen LogP contribution in [-0.4, -0.2) is 15.4 Å². The molecule has 1 amide bonds. The van der Waals surface area contributed by atoms with Gasteiger partial charge in [0.25, 0.3) is 5.91 Å². The Morgan fingerprint density at radius 3 is 2.62 bits per heavy atom. The van der Waals surface area contributed by atoms with Gasteiger partial charge in [-0.2, -0.15) is 0 Å². The molecule has 0 radical (unpaired) electrons. The monoisotopic (exact) mass is 342 g/mol. The van der Waals surface area contributed by atoms with Crippen molar-refractivity contribution in [2.45, 2.75) is 12.6 Å². The number of carbonyl (C=O) groups is 1. The Kier molecular flexibility index (Phi) is 3.25. The number of hydrogen-bond acceptors (Lipinski definition) is 2. The van der Waals surface area contributed by atoms with Gasteiger partial charge in [0.1, 0.15) is 5.76 Å². The minimum atomic E-state index is -0.116. The van der Waals surface area contributed by atoms with Crippen molar-refractivity contribution in [1.29, 1.82) is 0 Å². The Hall–Kier alpha value is -3.27. The van der Waals surface area contributed by atoms with E-state index in [9.17, 15) is 4.79 Å². The van der Waals surface area contributed by atoms with Crippen molar-refractivity contribution in [2.24, 2.45) is 7.05 Å². The van der Waals surface area contributed by atoms with Gasteiger partial charge >= 0.3 is 0 Å². The first-order chi connectivity index (χ1) is 12.7. The summed E-state index contributed by atoms with van der Waals surface area (Å²) in [5.41, 5.74) is 4.14. The van der Waals surface area contributed by atoms with Crippen molar-refractivity contribution in [3.8, 4) is 0 Å². The van der Waals surface area contributed by atoms with Crippen LogP contribution in [0.1, 0.15) is 33.3 Å². The summed E-state index contributed by atoms with van der Waals surface area (Å²) in [6.07, 6.45) is 3.79. The Morgan fingerprint density at radius 2 is 1.77 bits per heavy atom. The molecule has 4 aromatic rings. The van der Waals surface area contributed by atoms with Gasteiger partial charge in [0.15, 0.2) is 0 Å². The number of aryl methyl sites for hydroxylation is 1. The van der Waals surface area contributed by atoms with E-state index in [1.54, 1.807) is 6.26 Å². The molecule has 0 unspecified atom stereocenters. The van der Waals surface area contributed by atoms with Crippen LogP contribution in [-0.2, 0) is 13.6 Å². The molecule has 4 heteroatoms. The van der Waals surface area contributed by atoms with Crippen molar-refractivity contribution < 1.29 is 9.21 Å². The summed E-state index contributed by atoms with van der Waals surface area (Å²) in [5.74, 6) is 0.839. The molecule has 0 fully saturated rings. The molecule has 0 aliphatic carbocycles. The molecule has 4 nitrogen and oxygen atoms in total. The van der Waals surface area contributed by atoms with Gasteiger partial charge in [-0.3, -0.25) is 4.79 Å². The maximum Gasteiger partial charge on any atom is 0.255 e. The van der Waals surface area contributed by atoms with Crippen molar-refractivity contribution in [1.82, 2.24) is 9.47 Å². The van der Waals surface area contributed by atoms with E-state index in [1.165, 1.54) is 5.39 Å². The SMILES string of the molecule is Cn1cc([C@@H]2c3ccccc3C(=O)N2Cc2ccco2)c2ccccc21. The number of furan rings is 1. The molecule has 1 aliphatic heterocycles. The van der Waals surface area contributed by atoms with E-state index in [0.29, 0.717) is 6.54 Å². The van der Waals surface area contributed by atoms with Gasteiger partial charge in [-0.15, -0.1) is 0 Å². The van der Waals surface area contributed by atoms with E-state index in [0.717, 1.165) is 28.0 Å². The van der Waals surface area contributed by atoms with Crippen LogP contribution in [0.3, 0.4) is 0 Å². The van der Waals surface area contributed by atoms with E-state index in [2.05, 4.69) is 29.0 Å². The summed E-state index contributed by atoms with van der Waals surface area (Å²) in [7, 11) is 2.05. The molecule has 0 spiro atoms. The Balaban J connectivity index is 1.71. The van der Waals surface area contributed by atoms with Gasteiger partial charge in [-0.25, -0.2) is 0 Å². The molecule has 2 aromatic carbocycles. The second kappa shape index (κ2) is 5.63. The number of amides is 1. The molecule has 1 aliphatic rings. The lowest BCUT2D eigenvalue weighted by atomic mass is 9.97. The van der Waals surface area contributed by atoms with Gasteiger partial charge < -0.3 is 13.9 Å². The quantitative estimate of drug-likeness (QED) is 0.549. The molecular weight excluding hydrogens is 324 g/mol. The predicted molar refractivity (Wildman–Crippen MR) is 99.8 cm³/mol. The van der Waals surface area contributed by atoms with E-state index in [-0.39, 0.29) is 11.9 Å². The number of nitrogens with zero attached hydrogens (tertiary/aromatic N) is 2. The summed E-state index contributed by atoms with van der Waals surface area (Å²) in [6.45, 7) is 0.453. The number of aromatic nitrogens is 1. The first-order valence-corrected chi connectivity index (χ1v) is 8.70. The zero-order valence-corrected chi connectivity index (χ0v) is 14.4. The zero-order chi connectivity index (χ0) is 17.7. The molecule has 0 N–H and O–H groups in total. The number of hydrogen-bond donors (Lipinski definition) is 0. The number of benzene rings is 2. The first-order valence-electron chi connectivity index (χ1n) is 8.70. The molecule has 5 rings (SSSR count). The average molecular weight is 342 g/mol. The lowest BCUT2D eigenvalue weighted by molar-refractivity contribution is 0.0723. The summed E-state index contributed by atoms with van der Waals surface area (Å²) in [6, 6.07) is 19.9. The zero-order valence-electron chi connectivity index (χ0n) is 14.4. The van der Waals surface area contributed by atoms with Crippen LogP contribution in [0.25, 0.3) is 10.9 Å². The van der Waals surface area contributed by atoms with Gasteiger partial charge in [-0.05, 0) is 29.8 Å². The fourth-order valence-electron chi connectivity index (χ4n) is 4.03. The second-order valence-electron chi connectivity index (χ2n) is 6.71. The third kappa shape index (κ3) is 2.12. The van der Waals surface area contributed by atoms with E-state index < -0.39 is 0 Å². The van der Waals surface area contributed by atoms with Crippen LogP contribution in [0.4, 0.5) is 0 Å². The minimum absolute atomic E-state index is 0.0509. The van der Waals surface area contributed by atoms with Crippen LogP contribution in [0.2, 0.25) is 0 Å². The van der Waals surface area contributed by atoms with Crippen LogP contribution in [0.15, 0.2) is 77.5 Å². The first kappa shape index (κ1) is 15.0. The van der Waals surface area contributed by atoms with E-state index in [1.807, 2.05) is 54.4 Å². The predicted octanol–water partition coefficient (Wildman–Crippen LogP) is 4.52. The number of carbonyl (C=O) groups excluding carboxylic acids is 1. The third-order valence-electron chi connectivity index (χ3n) is 5.19. The average Bonchev–Trinajstić information content (AvgIpc) is 3.36. The summed E-state index contributed by atoms with van der Waals surface area (Å²) in [4.78, 5) is 15.0. The fourth-order valence-corrected chi connectivity index (χ4v) is 4.03. The Bertz CT molecular complexity index is 1110. The normalized spacial score (nSPS) is 16.4. The molecule has 3 heterocycles. The topological polar surface area (TPSA) is 38.4 Å². The Morgan fingerprint density at radius 1 is 0.962 bits per heavy atom. The van der Waals surface area contributed by atoms with Gasteiger partial charge in [0.05, 0.1) is 18.8 Å². The van der Waals surface area contributed by atoms with Crippen LogP contribution in [0.5, 0.6) is 0 Å². The highest BCUT2D eigenvalue weighted by atomic mass is 16.3. The van der Waals surface area contributed by atoms with Crippen molar-refractivity contribution in [2.75, 3.05) is 0 Å². The highest BCUT2D eigenvalue weighted by molar-refractivity contribution is 6.00. The maximum absolute atomic E-state index is 13.1. The number of fused-ring (bicyclic) bond motifs is 2. The molecular formula is C22H18N2O2. The summed E-state index contributed by atoms with van der Waals surface area (Å²) in [5, 5.41) is 1.17. The molecule has 0 bridgehead atoms. The molecule has 1 atom stereocenters. The van der Waals surface area contributed by atoms with Crippen molar-refractivity contribution >= 4 is 16.8 Å².